The van der Waals surface area contributed by atoms with Gasteiger partial charge in [-0.25, -0.2) is 29.5 Å². The van der Waals surface area contributed by atoms with Crippen molar-refractivity contribution in [2.75, 3.05) is 16.4 Å². The number of halogens is 4. The Labute approximate surface area is 238 Å². The normalized spacial score (nSPS) is 9.53. The SMILES string of the molecule is Cc1cc(Cl)nc(N)n1.Cc1cc(Cl)nc(NC(=O)Nc2ccc(Cl)cc2)n1.O=C=Nc1ccc(Cl)cc1. The Morgan fingerprint density at radius 2 is 1.32 bits per heavy atom. The van der Waals surface area contributed by atoms with Gasteiger partial charge in [0.2, 0.25) is 18.0 Å². The standard InChI is InChI=1S/C12H10Cl2N4O.C7H4ClNO.C5H6ClN3/c1-7-6-10(14)17-11(15-7)18-12(19)16-9-4-2-8(13)3-5-9;8-6-1-3-7(4-2-6)9-5-10;1-3-2-4(6)9-5(7)8-3/h2-6H,1H3,(H2,15,16,17,18,19);1-4H;2H,1H3,(H2,7,8,9). The van der Waals surface area contributed by atoms with Gasteiger partial charge in [-0.3, -0.25) is 5.32 Å². The molecule has 0 saturated heterocycles. The molecule has 2 heterocycles. The Bertz CT molecular complexity index is 1340. The summed E-state index contributed by atoms with van der Waals surface area (Å²) in [6.07, 6.45) is 1.44. The molecule has 0 bridgehead atoms. The van der Waals surface area contributed by atoms with Gasteiger partial charge in [-0.1, -0.05) is 46.4 Å². The van der Waals surface area contributed by atoms with Crippen molar-refractivity contribution in [3.63, 3.8) is 0 Å². The second-order valence-electron chi connectivity index (χ2n) is 7.11. The highest BCUT2D eigenvalue weighted by molar-refractivity contribution is 6.31. The Kier molecular flexibility index (Phi) is 12.4. The third-order valence-corrected chi connectivity index (χ3v) is 4.88. The van der Waals surface area contributed by atoms with Crippen molar-refractivity contribution in [1.29, 1.82) is 0 Å². The molecule has 14 heteroatoms. The number of nitrogens with two attached hydrogens (primary N) is 1. The Balaban J connectivity index is 0.000000224. The van der Waals surface area contributed by atoms with E-state index < -0.39 is 6.03 Å². The minimum absolute atomic E-state index is 0.150. The molecule has 0 atom stereocenters. The average molecular weight is 594 g/mol. The first-order valence-corrected chi connectivity index (χ1v) is 12.0. The van der Waals surface area contributed by atoms with Gasteiger partial charge in [-0.2, -0.15) is 4.99 Å². The molecule has 0 aliphatic heterocycles. The van der Waals surface area contributed by atoms with Crippen LogP contribution in [0.3, 0.4) is 0 Å². The molecule has 38 heavy (non-hydrogen) atoms. The molecule has 0 fully saturated rings. The molecule has 0 aliphatic carbocycles. The Hall–Kier alpha value is -3.79. The van der Waals surface area contributed by atoms with Gasteiger partial charge >= 0.3 is 6.03 Å². The maximum atomic E-state index is 11.7. The van der Waals surface area contributed by atoms with Crippen LogP contribution in [0.2, 0.25) is 20.4 Å². The largest absolute Gasteiger partial charge is 0.368 e. The summed E-state index contributed by atoms with van der Waals surface area (Å²) in [7, 11) is 0. The zero-order valence-electron chi connectivity index (χ0n) is 19.9. The number of hydrogen-bond acceptors (Lipinski definition) is 8. The van der Waals surface area contributed by atoms with E-state index >= 15 is 0 Å². The highest BCUT2D eigenvalue weighted by Gasteiger charge is 2.06. The lowest BCUT2D eigenvalue weighted by Crippen LogP contribution is -2.21. The lowest BCUT2D eigenvalue weighted by atomic mass is 10.3. The minimum atomic E-state index is -0.455. The van der Waals surface area contributed by atoms with E-state index in [1.807, 2.05) is 6.92 Å². The number of nitrogen functional groups attached to an aromatic ring is 1. The highest BCUT2D eigenvalue weighted by atomic mass is 35.5. The molecule has 0 spiro atoms. The Morgan fingerprint density at radius 1 is 0.789 bits per heavy atom. The van der Waals surface area contributed by atoms with Crippen molar-refractivity contribution in [3.05, 3.63) is 92.4 Å². The molecule has 2 aromatic heterocycles. The van der Waals surface area contributed by atoms with Crippen LogP contribution in [0.1, 0.15) is 11.4 Å². The molecule has 0 unspecified atom stereocenters. The van der Waals surface area contributed by atoms with Crippen LogP contribution in [-0.2, 0) is 4.79 Å². The first kappa shape index (κ1) is 30.4. The Morgan fingerprint density at radius 3 is 1.82 bits per heavy atom. The summed E-state index contributed by atoms with van der Waals surface area (Å²) in [6, 6.07) is 16.1. The number of nitrogens with one attached hydrogen (secondary N) is 2. The molecule has 196 valence electrons. The molecule has 0 radical (unpaired) electrons. The summed E-state index contributed by atoms with van der Waals surface area (Å²) in [5.74, 6) is 0.372. The molecular formula is C24H20Cl4N8O2. The number of nitrogens with zero attached hydrogens (tertiary/aromatic N) is 5. The monoisotopic (exact) mass is 592 g/mol. The van der Waals surface area contributed by atoms with Gasteiger partial charge in [0.25, 0.3) is 0 Å². The van der Waals surface area contributed by atoms with Gasteiger partial charge in [0, 0.05) is 27.1 Å². The summed E-state index contributed by atoms with van der Waals surface area (Å²) < 4.78 is 0. The van der Waals surface area contributed by atoms with Crippen molar-refractivity contribution < 1.29 is 9.59 Å². The van der Waals surface area contributed by atoms with Crippen LogP contribution in [0.5, 0.6) is 0 Å². The fourth-order valence-electron chi connectivity index (χ4n) is 2.50. The van der Waals surface area contributed by atoms with Crippen molar-refractivity contribution in [1.82, 2.24) is 19.9 Å². The quantitative estimate of drug-likeness (QED) is 0.131. The van der Waals surface area contributed by atoms with E-state index in [0.717, 1.165) is 5.69 Å². The van der Waals surface area contributed by atoms with Gasteiger partial charge in [-0.15, -0.1) is 0 Å². The van der Waals surface area contributed by atoms with Crippen molar-refractivity contribution in [2.45, 2.75) is 13.8 Å². The van der Waals surface area contributed by atoms with Gasteiger partial charge in [0.05, 0.1) is 5.69 Å². The van der Waals surface area contributed by atoms with Crippen LogP contribution in [0, 0.1) is 13.8 Å². The molecule has 2 aromatic carbocycles. The summed E-state index contributed by atoms with van der Waals surface area (Å²) in [4.78, 5) is 40.2. The first-order chi connectivity index (χ1) is 18.0. The predicted molar refractivity (Wildman–Crippen MR) is 151 cm³/mol. The van der Waals surface area contributed by atoms with Crippen molar-refractivity contribution >= 4 is 81.8 Å². The number of aromatic nitrogens is 4. The summed E-state index contributed by atoms with van der Waals surface area (Å²) >= 11 is 22.6. The van der Waals surface area contributed by atoms with E-state index in [4.69, 9.17) is 52.1 Å². The van der Waals surface area contributed by atoms with Crippen LogP contribution in [-0.4, -0.2) is 32.0 Å². The minimum Gasteiger partial charge on any atom is -0.368 e. The molecular weight excluding hydrogens is 574 g/mol. The van der Waals surface area contributed by atoms with E-state index in [1.165, 1.54) is 6.08 Å². The fraction of sp³-hybridized carbons (Fsp3) is 0.0833. The second-order valence-corrected chi connectivity index (χ2v) is 8.76. The number of carbonyl (C=O) groups excluding carboxylic acids is 2. The zero-order valence-corrected chi connectivity index (χ0v) is 22.9. The molecule has 0 aliphatic rings. The summed E-state index contributed by atoms with van der Waals surface area (Å²) in [5, 5.41) is 7.01. The maximum Gasteiger partial charge on any atom is 0.326 e. The van der Waals surface area contributed by atoms with Crippen LogP contribution >= 0.6 is 46.4 Å². The zero-order chi connectivity index (χ0) is 28.1. The van der Waals surface area contributed by atoms with Crippen LogP contribution in [0.25, 0.3) is 0 Å². The van der Waals surface area contributed by atoms with Gasteiger partial charge in [-0.05, 0) is 74.5 Å². The third kappa shape index (κ3) is 12.0. The molecule has 4 rings (SSSR count). The summed E-state index contributed by atoms with van der Waals surface area (Å²) in [5.41, 5.74) is 7.89. The molecule has 4 N–H and O–H groups in total. The van der Waals surface area contributed by atoms with E-state index in [1.54, 1.807) is 67.6 Å². The summed E-state index contributed by atoms with van der Waals surface area (Å²) in [6.45, 7) is 3.57. The van der Waals surface area contributed by atoms with Crippen LogP contribution < -0.4 is 16.4 Å². The number of benzene rings is 2. The highest BCUT2D eigenvalue weighted by Crippen LogP contribution is 2.15. The number of aliphatic imine (C=N–C) groups is 1. The number of anilines is 3. The number of aryl methyl sites for hydroxylation is 2. The molecule has 4 aromatic rings. The maximum absolute atomic E-state index is 11.7. The number of rotatable bonds is 3. The second kappa shape index (κ2) is 15.5. The smallest absolute Gasteiger partial charge is 0.326 e. The molecule has 2 amide bonds. The van der Waals surface area contributed by atoms with Crippen molar-refractivity contribution in [3.8, 4) is 0 Å². The lowest BCUT2D eigenvalue weighted by molar-refractivity contribution is 0.262. The van der Waals surface area contributed by atoms with Crippen LogP contribution in [0.15, 0.2) is 65.7 Å². The molecule has 0 saturated carbocycles. The number of amides is 2. The number of isocyanates is 1. The van der Waals surface area contributed by atoms with Crippen LogP contribution in [0.4, 0.5) is 28.1 Å². The number of urea groups is 1. The van der Waals surface area contributed by atoms with Crippen molar-refractivity contribution in [2.24, 2.45) is 4.99 Å². The van der Waals surface area contributed by atoms with E-state index in [2.05, 4.69) is 35.6 Å². The van der Waals surface area contributed by atoms with E-state index in [-0.39, 0.29) is 17.0 Å². The third-order valence-electron chi connectivity index (χ3n) is 3.99. The van der Waals surface area contributed by atoms with Gasteiger partial charge in [0.15, 0.2) is 0 Å². The van der Waals surface area contributed by atoms with Gasteiger partial charge in [0.1, 0.15) is 10.3 Å². The number of carbonyl (C=O) groups is 1. The molecule has 10 nitrogen and oxygen atoms in total. The van der Waals surface area contributed by atoms with E-state index in [0.29, 0.717) is 32.3 Å². The lowest BCUT2D eigenvalue weighted by Gasteiger charge is -2.07. The average Bonchev–Trinajstić information content (AvgIpc) is 2.81. The topological polar surface area (TPSA) is 148 Å². The van der Waals surface area contributed by atoms with E-state index in [9.17, 15) is 9.59 Å². The number of hydrogen-bond donors (Lipinski definition) is 3. The predicted octanol–water partition coefficient (Wildman–Crippen LogP) is 7.06. The fourth-order valence-corrected chi connectivity index (χ4v) is 3.24. The first-order valence-electron chi connectivity index (χ1n) is 10.5. The van der Waals surface area contributed by atoms with Gasteiger partial charge < -0.3 is 11.1 Å².